The molecule has 1 fully saturated rings. The molecule has 2 aromatic rings. The molecule has 1 aliphatic heterocycles. The monoisotopic (exact) mass is 404 g/mol. The SMILES string of the molecule is CCNC(=NCC(O)c1ccc(F)cc1)NC1CCN(Cc2ccsc2)CC1. The van der Waals surface area contributed by atoms with E-state index in [1.54, 1.807) is 23.5 Å². The molecule has 0 aliphatic carbocycles. The minimum Gasteiger partial charge on any atom is -0.386 e. The van der Waals surface area contributed by atoms with Gasteiger partial charge in [-0.15, -0.1) is 0 Å². The van der Waals surface area contributed by atoms with Gasteiger partial charge in [0.15, 0.2) is 5.96 Å². The molecule has 1 aliphatic rings. The Morgan fingerprint density at radius 2 is 2.04 bits per heavy atom. The summed E-state index contributed by atoms with van der Waals surface area (Å²) in [5, 5.41) is 21.4. The van der Waals surface area contributed by atoms with E-state index in [-0.39, 0.29) is 12.4 Å². The van der Waals surface area contributed by atoms with Gasteiger partial charge in [-0.2, -0.15) is 11.3 Å². The first-order valence-electron chi connectivity index (χ1n) is 9.86. The number of hydrogen-bond donors (Lipinski definition) is 3. The number of aliphatic hydroxyl groups is 1. The molecule has 28 heavy (non-hydrogen) atoms. The Morgan fingerprint density at radius 1 is 1.29 bits per heavy atom. The maximum Gasteiger partial charge on any atom is 0.191 e. The zero-order valence-corrected chi connectivity index (χ0v) is 17.1. The van der Waals surface area contributed by atoms with Gasteiger partial charge >= 0.3 is 0 Å². The number of rotatable bonds is 7. The van der Waals surface area contributed by atoms with Gasteiger partial charge < -0.3 is 15.7 Å². The normalized spacial score (nSPS) is 17.5. The van der Waals surface area contributed by atoms with Crippen molar-refractivity contribution in [3.05, 3.63) is 58.0 Å². The summed E-state index contributed by atoms with van der Waals surface area (Å²) in [4.78, 5) is 7.01. The number of likely N-dealkylation sites (tertiary alicyclic amines) is 1. The second kappa shape index (κ2) is 10.5. The van der Waals surface area contributed by atoms with E-state index in [1.165, 1.54) is 17.7 Å². The van der Waals surface area contributed by atoms with Crippen LogP contribution in [0.2, 0.25) is 0 Å². The van der Waals surface area contributed by atoms with Crippen molar-refractivity contribution in [1.29, 1.82) is 0 Å². The van der Waals surface area contributed by atoms with Gasteiger partial charge in [-0.1, -0.05) is 12.1 Å². The Bertz CT molecular complexity index is 727. The first kappa shape index (κ1) is 20.8. The van der Waals surface area contributed by atoms with Gasteiger partial charge in [0.05, 0.1) is 12.6 Å². The van der Waals surface area contributed by atoms with Gasteiger partial charge in [0.1, 0.15) is 5.82 Å². The van der Waals surface area contributed by atoms with Crippen LogP contribution >= 0.6 is 11.3 Å². The lowest BCUT2D eigenvalue weighted by Crippen LogP contribution is -2.48. The van der Waals surface area contributed by atoms with Gasteiger partial charge in [-0.25, -0.2) is 4.39 Å². The summed E-state index contributed by atoms with van der Waals surface area (Å²) < 4.78 is 13.0. The Morgan fingerprint density at radius 3 is 2.68 bits per heavy atom. The second-order valence-corrected chi connectivity index (χ2v) is 7.89. The van der Waals surface area contributed by atoms with Gasteiger partial charge in [0.2, 0.25) is 0 Å². The maximum atomic E-state index is 13.0. The molecule has 0 amide bonds. The molecule has 3 N–H and O–H groups in total. The van der Waals surface area contributed by atoms with Gasteiger partial charge in [0, 0.05) is 32.2 Å². The molecular weight excluding hydrogens is 375 g/mol. The number of nitrogens with zero attached hydrogens (tertiary/aromatic N) is 2. The quantitative estimate of drug-likeness (QED) is 0.490. The van der Waals surface area contributed by atoms with Crippen LogP contribution in [-0.2, 0) is 6.54 Å². The summed E-state index contributed by atoms with van der Waals surface area (Å²) in [5.74, 6) is 0.416. The third-order valence-electron chi connectivity index (χ3n) is 4.94. The largest absolute Gasteiger partial charge is 0.386 e. The fraction of sp³-hybridized carbons (Fsp3) is 0.476. The van der Waals surface area contributed by atoms with Crippen molar-refractivity contribution in [2.24, 2.45) is 4.99 Å². The molecule has 1 saturated heterocycles. The molecule has 7 heteroatoms. The summed E-state index contributed by atoms with van der Waals surface area (Å²) in [6.07, 6.45) is 1.38. The lowest BCUT2D eigenvalue weighted by atomic mass is 10.0. The first-order valence-corrected chi connectivity index (χ1v) is 10.8. The molecule has 2 heterocycles. The van der Waals surface area contributed by atoms with E-state index in [0.29, 0.717) is 11.6 Å². The van der Waals surface area contributed by atoms with Crippen molar-refractivity contribution in [2.45, 2.75) is 38.5 Å². The molecule has 152 valence electrons. The molecule has 3 rings (SSSR count). The van der Waals surface area contributed by atoms with E-state index >= 15 is 0 Å². The predicted octanol–water partition coefficient (Wildman–Crippen LogP) is 3.14. The predicted molar refractivity (Wildman–Crippen MR) is 113 cm³/mol. The zero-order valence-electron chi connectivity index (χ0n) is 16.3. The van der Waals surface area contributed by atoms with Crippen LogP contribution in [0.15, 0.2) is 46.1 Å². The van der Waals surface area contributed by atoms with Crippen LogP contribution in [-0.4, -0.2) is 48.2 Å². The van der Waals surface area contributed by atoms with Crippen LogP contribution in [0.25, 0.3) is 0 Å². The Kier molecular flexibility index (Phi) is 7.82. The fourth-order valence-corrected chi connectivity index (χ4v) is 4.02. The molecule has 1 atom stereocenters. The van der Waals surface area contributed by atoms with Crippen LogP contribution in [0, 0.1) is 5.82 Å². The van der Waals surface area contributed by atoms with E-state index in [1.807, 2.05) is 6.92 Å². The van der Waals surface area contributed by atoms with Crippen molar-refractivity contribution in [3.8, 4) is 0 Å². The number of aliphatic hydroxyl groups excluding tert-OH is 1. The number of nitrogens with one attached hydrogen (secondary N) is 2. The van der Waals surface area contributed by atoms with Crippen LogP contribution < -0.4 is 10.6 Å². The number of aliphatic imine (C=N–C) groups is 1. The third kappa shape index (κ3) is 6.29. The minimum absolute atomic E-state index is 0.234. The fourth-order valence-electron chi connectivity index (χ4n) is 3.36. The number of hydrogen-bond acceptors (Lipinski definition) is 4. The topological polar surface area (TPSA) is 59.9 Å². The maximum absolute atomic E-state index is 13.0. The smallest absolute Gasteiger partial charge is 0.191 e. The van der Waals surface area contributed by atoms with Crippen molar-refractivity contribution in [1.82, 2.24) is 15.5 Å². The minimum atomic E-state index is -0.747. The van der Waals surface area contributed by atoms with Crippen LogP contribution in [0.5, 0.6) is 0 Å². The molecular formula is C21H29FN4OS. The Hall–Kier alpha value is -1.96. The van der Waals surface area contributed by atoms with Crippen molar-refractivity contribution in [3.63, 3.8) is 0 Å². The summed E-state index contributed by atoms with van der Waals surface area (Å²) in [5.41, 5.74) is 2.06. The molecule has 1 unspecified atom stereocenters. The second-order valence-electron chi connectivity index (χ2n) is 7.11. The molecule has 0 saturated carbocycles. The third-order valence-corrected chi connectivity index (χ3v) is 5.67. The summed E-state index contributed by atoms with van der Waals surface area (Å²) in [6.45, 7) is 6.16. The highest BCUT2D eigenvalue weighted by Gasteiger charge is 2.20. The van der Waals surface area contributed by atoms with Gasteiger partial charge in [0.25, 0.3) is 0 Å². The number of piperidine rings is 1. The lowest BCUT2D eigenvalue weighted by Gasteiger charge is -2.33. The number of halogens is 1. The van der Waals surface area contributed by atoms with E-state index in [2.05, 4.69) is 37.4 Å². The van der Waals surface area contributed by atoms with Crippen molar-refractivity contribution in [2.75, 3.05) is 26.2 Å². The van der Waals surface area contributed by atoms with Crippen LogP contribution in [0.1, 0.15) is 37.0 Å². The zero-order chi connectivity index (χ0) is 19.8. The highest BCUT2D eigenvalue weighted by molar-refractivity contribution is 7.07. The summed E-state index contributed by atoms with van der Waals surface area (Å²) >= 11 is 1.75. The number of thiophene rings is 1. The molecule has 1 aromatic carbocycles. The van der Waals surface area contributed by atoms with E-state index in [4.69, 9.17) is 0 Å². The van der Waals surface area contributed by atoms with Gasteiger partial charge in [-0.05, 0) is 59.9 Å². The molecule has 1 aromatic heterocycles. The number of guanidine groups is 1. The standard InChI is InChI=1S/C21H29FN4OS/c1-2-23-21(24-13-20(27)17-3-5-18(22)6-4-17)25-19-7-10-26(11-8-19)14-16-9-12-28-15-16/h3-6,9,12,15,19-20,27H,2,7-8,10-11,13-14H2,1H3,(H2,23,24,25). The first-order chi connectivity index (χ1) is 13.6. The Labute approximate surface area is 170 Å². The number of benzene rings is 1. The van der Waals surface area contributed by atoms with Gasteiger partial charge in [-0.3, -0.25) is 9.89 Å². The average Bonchev–Trinajstić information content (AvgIpc) is 3.21. The van der Waals surface area contributed by atoms with E-state index in [9.17, 15) is 9.50 Å². The molecule has 5 nitrogen and oxygen atoms in total. The summed E-state index contributed by atoms with van der Waals surface area (Å²) in [6, 6.07) is 8.47. The van der Waals surface area contributed by atoms with E-state index in [0.717, 1.165) is 45.0 Å². The molecule has 0 spiro atoms. The Balaban J connectivity index is 1.48. The highest BCUT2D eigenvalue weighted by Crippen LogP contribution is 2.16. The average molecular weight is 405 g/mol. The molecule has 0 radical (unpaired) electrons. The lowest BCUT2D eigenvalue weighted by molar-refractivity contribution is 0.186. The van der Waals surface area contributed by atoms with Crippen molar-refractivity contribution >= 4 is 17.3 Å². The van der Waals surface area contributed by atoms with Crippen molar-refractivity contribution < 1.29 is 9.50 Å². The van der Waals surface area contributed by atoms with Crippen LogP contribution in [0.4, 0.5) is 4.39 Å². The summed E-state index contributed by atoms with van der Waals surface area (Å²) in [7, 11) is 0. The van der Waals surface area contributed by atoms with E-state index < -0.39 is 6.10 Å². The highest BCUT2D eigenvalue weighted by atomic mass is 32.1. The van der Waals surface area contributed by atoms with Crippen LogP contribution in [0.3, 0.4) is 0 Å². The molecule has 0 bridgehead atoms.